The number of piperidine rings is 1. The lowest BCUT2D eigenvalue weighted by atomic mass is 10.0. The maximum Gasteiger partial charge on any atom is 0.296 e. The number of fused-ring (bicyclic) bond motifs is 1. The molecule has 180 valence electrons. The van der Waals surface area contributed by atoms with Crippen molar-refractivity contribution in [1.82, 2.24) is 14.9 Å². The third-order valence-electron chi connectivity index (χ3n) is 6.09. The SMILES string of the molecule is COc1cc2ncnc(Nc3cccc(Cl)c3F)c2cc1O[C@H]1CCN(C2COC2)CC1(F)F. The average molecular weight is 495 g/mol. The second-order valence-corrected chi connectivity index (χ2v) is 8.69. The zero-order valence-electron chi connectivity index (χ0n) is 18.2. The molecule has 3 heterocycles. The van der Waals surface area contributed by atoms with E-state index in [0.29, 0.717) is 30.7 Å². The van der Waals surface area contributed by atoms with Gasteiger partial charge in [0.1, 0.15) is 12.1 Å². The van der Waals surface area contributed by atoms with Crippen molar-refractivity contribution in [3.05, 3.63) is 47.5 Å². The minimum absolute atomic E-state index is 0.0275. The van der Waals surface area contributed by atoms with Gasteiger partial charge in [-0.3, -0.25) is 4.90 Å². The lowest BCUT2D eigenvalue weighted by Gasteiger charge is -2.44. The molecule has 2 aliphatic heterocycles. The summed E-state index contributed by atoms with van der Waals surface area (Å²) in [6.07, 6.45) is 0.123. The van der Waals surface area contributed by atoms with Crippen LogP contribution in [-0.2, 0) is 4.74 Å². The summed E-state index contributed by atoms with van der Waals surface area (Å²) in [5.74, 6) is -3.04. The largest absolute Gasteiger partial charge is 0.493 e. The summed E-state index contributed by atoms with van der Waals surface area (Å²) < 4.78 is 60.7. The molecule has 2 aliphatic rings. The van der Waals surface area contributed by atoms with Gasteiger partial charge >= 0.3 is 0 Å². The number of methoxy groups -OCH3 is 1. The number of alkyl halides is 2. The van der Waals surface area contributed by atoms with Gasteiger partial charge in [-0.1, -0.05) is 17.7 Å². The van der Waals surface area contributed by atoms with E-state index >= 15 is 0 Å². The van der Waals surface area contributed by atoms with Crippen LogP contribution in [0.1, 0.15) is 6.42 Å². The molecule has 34 heavy (non-hydrogen) atoms. The highest BCUT2D eigenvalue weighted by Gasteiger charge is 2.48. The quantitative estimate of drug-likeness (QED) is 0.534. The first-order valence-corrected chi connectivity index (χ1v) is 11.1. The van der Waals surface area contributed by atoms with E-state index in [9.17, 15) is 13.2 Å². The van der Waals surface area contributed by atoms with Gasteiger partial charge in [-0.05, 0) is 18.2 Å². The number of hydrogen-bond acceptors (Lipinski definition) is 7. The highest BCUT2D eigenvalue weighted by Crippen LogP contribution is 2.39. The molecule has 2 fully saturated rings. The number of hydrogen-bond donors (Lipinski definition) is 1. The van der Waals surface area contributed by atoms with Crippen LogP contribution < -0.4 is 14.8 Å². The van der Waals surface area contributed by atoms with E-state index in [4.69, 9.17) is 25.8 Å². The third-order valence-corrected chi connectivity index (χ3v) is 6.39. The van der Waals surface area contributed by atoms with Crippen LogP contribution in [0.2, 0.25) is 5.02 Å². The van der Waals surface area contributed by atoms with E-state index < -0.39 is 24.4 Å². The van der Waals surface area contributed by atoms with Gasteiger partial charge < -0.3 is 19.5 Å². The van der Waals surface area contributed by atoms with Gasteiger partial charge in [0.2, 0.25) is 0 Å². The van der Waals surface area contributed by atoms with E-state index in [1.165, 1.54) is 31.6 Å². The molecule has 1 aromatic heterocycles. The molecule has 0 radical (unpaired) electrons. The number of anilines is 2. The number of aromatic nitrogens is 2. The summed E-state index contributed by atoms with van der Waals surface area (Å²) in [6.45, 7) is 1.03. The Labute approximate surface area is 198 Å². The molecule has 11 heteroatoms. The topological polar surface area (TPSA) is 68.7 Å². The summed E-state index contributed by atoms with van der Waals surface area (Å²) >= 11 is 5.88. The predicted molar refractivity (Wildman–Crippen MR) is 121 cm³/mol. The molecule has 5 rings (SSSR count). The van der Waals surface area contributed by atoms with Crippen molar-refractivity contribution in [3.8, 4) is 11.5 Å². The van der Waals surface area contributed by atoms with Crippen molar-refractivity contribution in [2.75, 3.05) is 38.7 Å². The highest BCUT2D eigenvalue weighted by molar-refractivity contribution is 6.31. The van der Waals surface area contributed by atoms with Crippen LogP contribution in [0.4, 0.5) is 24.7 Å². The minimum atomic E-state index is -3.06. The molecule has 2 aromatic carbocycles. The van der Waals surface area contributed by atoms with E-state index in [1.807, 2.05) is 0 Å². The van der Waals surface area contributed by atoms with Crippen molar-refractivity contribution in [3.63, 3.8) is 0 Å². The van der Waals surface area contributed by atoms with Crippen LogP contribution in [0.3, 0.4) is 0 Å². The molecule has 3 aromatic rings. The smallest absolute Gasteiger partial charge is 0.296 e. The number of benzene rings is 2. The third kappa shape index (κ3) is 4.33. The zero-order valence-corrected chi connectivity index (χ0v) is 19.0. The predicted octanol–water partition coefficient (Wildman–Crippen LogP) is 4.66. The first kappa shape index (κ1) is 22.9. The summed E-state index contributed by atoms with van der Waals surface area (Å²) in [4.78, 5) is 10.2. The normalized spacial score (nSPS) is 20.7. The van der Waals surface area contributed by atoms with Crippen molar-refractivity contribution < 1.29 is 27.4 Å². The summed E-state index contributed by atoms with van der Waals surface area (Å²) in [5.41, 5.74) is 0.584. The number of likely N-dealkylation sites (tertiary alicyclic amines) is 1. The van der Waals surface area contributed by atoms with Crippen LogP contribution in [0.15, 0.2) is 36.7 Å². The maximum atomic E-state index is 15.0. The Balaban J connectivity index is 1.45. The first-order valence-electron chi connectivity index (χ1n) is 10.8. The standard InChI is InChI=1S/C23H22ClF3N4O3/c1-32-18-8-17-14(22(29-12-28-17)30-16-4-2-3-15(24)21(16)25)7-19(18)34-20-5-6-31(11-23(20,26)27)13-9-33-10-13/h2-4,7-8,12-13,20H,5-6,9-11H2,1H3,(H,28,29,30)/t20-/m0/s1. The minimum Gasteiger partial charge on any atom is -0.493 e. The molecule has 0 spiro atoms. The Morgan fingerprint density at radius 2 is 2.03 bits per heavy atom. The van der Waals surface area contributed by atoms with Crippen molar-refractivity contribution in [2.45, 2.75) is 24.5 Å². The molecule has 0 saturated carbocycles. The van der Waals surface area contributed by atoms with E-state index in [-0.39, 0.29) is 40.5 Å². The lowest BCUT2D eigenvalue weighted by molar-refractivity contribution is -0.170. The fourth-order valence-corrected chi connectivity index (χ4v) is 4.31. The lowest BCUT2D eigenvalue weighted by Crippen LogP contribution is -2.60. The molecule has 0 bridgehead atoms. The number of halogens is 4. The Hall–Kier alpha value is -2.82. The Morgan fingerprint density at radius 1 is 1.21 bits per heavy atom. The van der Waals surface area contributed by atoms with Crippen molar-refractivity contribution in [1.29, 1.82) is 0 Å². The average Bonchev–Trinajstić information content (AvgIpc) is 2.77. The maximum absolute atomic E-state index is 15.0. The van der Waals surface area contributed by atoms with Gasteiger partial charge in [0.15, 0.2) is 23.4 Å². The van der Waals surface area contributed by atoms with Crippen LogP contribution in [0.25, 0.3) is 10.9 Å². The van der Waals surface area contributed by atoms with Crippen molar-refractivity contribution >= 4 is 34.0 Å². The molecule has 1 atom stereocenters. The van der Waals surface area contributed by atoms with Crippen molar-refractivity contribution in [2.24, 2.45) is 0 Å². The Morgan fingerprint density at radius 3 is 2.74 bits per heavy atom. The van der Waals surface area contributed by atoms with Gasteiger partial charge in [-0.2, -0.15) is 0 Å². The first-order chi connectivity index (χ1) is 16.4. The fourth-order valence-electron chi connectivity index (χ4n) is 4.13. The van der Waals surface area contributed by atoms with Crippen LogP contribution in [0, 0.1) is 5.82 Å². The molecule has 7 nitrogen and oxygen atoms in total. The van der Waals surface area contributed by atoms with Crippen LogP contribution in [0.5, 0.6) is 11.5 Å². The number of nitrogens with one attached hydrogen (secondary N) is 1. The molecular formula is C23H22ClF3N4O3. The van der Waals surface area contributed by atoms with Crippen LogP contribution >= 0.6 is 11.6 Å². The van der Waals surface area contributed by atoms with E-state index in [0.717, 1.165) is 0 Å². The van der Waals surface area contributed by atoms with Gasteiger partial charge in [0.05, 0.1) is 49.1 Å². The Bertz CT molecular complexity index is 1210. The summed E-state index contributed by atoms with van der Waals surface area (Å²) in [6, 6.07) is 7.67. The molecule has 0 unspecified atom stereocenters. The Kier molecular flexibility index (Phi) is 6.13. The fraction of sp³-hybridized carbons (Fsp3) is 0.391. The highest BCUT2D eigenvalue weighted by atomic mass is 35.5. The van der Waals surface area contributed by atoms with Gasteiger partial charge in [-0.15, -0.1) is 0 Å². The summed E-state index contributed by atoms with van der Waals surface area (Å²) in [5, 5.41) is 3.30. The molecule has 2 saturated heterocycles. The summed E-state index contributed by atoms with van der Waals surface area (Å²) in [7, 11) is 1.42. The number of rotatable bonds is 6. The van der Waals surface area contributed by atoms with Crippen LogP contribution in [-0.4, -0.2) is 66.3 Å². The second-order valence-electron chi connectivity index (χ2n) is 8.29. The van der Waals surface area contributed by atoms with E-state index in [2.05, 4.69) is 15.3 Å². The molecule has 1 N–H and O–H groups in total. The van der Waals surface area contributed by atoms with Gasteiger partial charge in [-0.25, -0.2) is 23.1 Å². The van der Waals surface area contributed by atoms with Gasteiger partial charge in [0, 0.05) is 24.4 Å². The monoisotopic (exact) mass is 494 g/mol. The molecule has 0 amide bonds. The second kappa shape index (κ2) is 9.09. The molecule has 0 aliphatic carbocycles. The zero-order chi connectivity index (χ0) is 23.9. The number of nitrogens with zero attached hydrogens (tertiary/aromatic N) is 3. The molecular weight excluding hydrogens is 473 g/mol. The number of ether oxygens (including phenoxy) is 3. The van der Waals surface area contributed by atoms with E-state index in [1.54, 1.807) is 17.0 Å². The van der Waals surface area contributed by atoms with Gasteiger partial charge in [0.25, 0.3) is 5.92 Å².